The van der Waals surface area contributed by atoms with Crippen molar-refractivity contribution in [3.8, 4) is 11.8 Å². The lowest BCUT2D eigenvalue weighted by molar-refractivity contribution is 0.566. The van der Waals surface area contributed by atoms with Gasteiger partial charge in [0.1, 0.15) is 0 Å². The summed E-state index contributed by atoms with van der Waals surface area (Å²) < 4.78 is 26.4. The Labute approximate surface area is 165 Å². The van der Waals surface area contributed by atoms with E-state index in [1.165, 1.54) is 27.8 Å². The van der Waals surface area contributed by atoms with Gasteiger partial charge in [-0.2, -0.15) is 0 Å². The average Bonchev–Trinajstić information content (AvgIpc) is 3.01. The zero-order chi connectivity index (χ0) is 18.6. The highest BCUT2D eigenvalue weighted by Crippen LogP contribution is 2.35. The highest BCUT2D eigenvalue weighted by Gasteiger charge is 2.12. The fourth-order valence-electron chi connectivity index (χ4n) is 2.55. The number of hydrazine groups is 1. The van der Waals surface area contributed by atoms with Crippen molar-refractivity contribution >= 4 is 47.4 Å². The molecule has 1 heterocycles. The number of sulfonamides is 1. The van der Waals surface area contributed by atoms with Crippen molar-refractivity contribution < 1.29 is 8.42 Å². The van der Waals surface area contributed by atoms with E-state index in [4.69, 9.17) is 0 Å². The topological polar surface area (TPSA) is 58.2 Å². The van der Waals surface area contributed by atoms with Crippen LogP contribution in [0.3, 0.4) is 0 Å². The van der Waals surface area contributed by atoms with Gasteiger partial charge in [0.2, 0.25) is 0 Å². The van der Waals surface area contributed by atoms with Crippen LogP contribution in [0, 0.1) is 11.8 Å². The summed E-state index contributed by atoms with van der Waals surface area (Å²) in [6.07, 6.45) is 0.897. The van der Waals surface area contributed by atoms with Crippen LogP contribution < -0.4 is 10.3 Å². The number of thiophene rings is 1. The molecule has 7 heteroatoms. The summed E-state index contributed by atoms with van der Waals surface area (Å²) in [7, 11) is -3.58. The first-order chi connectivity index (χ1) is 12.5. The molecule has 0 spiro atoms. The number of rotatable bonds is 5. The molecule has 0 saturated carbocycles. The second kappa shape index (κ2) is 8.33. The number of hydrogen-bond donors (Lipinski definition) is 2. The zero-order valence-corrected chi connectivity index (χ0v) is 17.3. The Balaban J connectivity index is 1.70. The Kier molecular flexibility index (Phi) is 6.12. The molecule has 0 unspecified atom stereocenters. The van der Waals surface area contributed by atoms with E-state index in [2.05, 4.69) is 51.0 Å². The summed E-state index contributed by atoms with van der Waals surface area (Å²) in [5.74, 6) is 6.15. The van der Waals surface area contributed by atoms with E-state index >= 15 is 0 Å². The lowest BCUT2D eigenvalue weighted by Crippen LogP contribution is -2.37. The highest BCUT2D eigenvalue weighted by atomic mass is 79.9. The number of halogens is 1. The molecule has 3 rings (SSSR count). The summed E-state index contributed by atoms with van der Waals surface area (Å²) in [5.41, 5.74) is 3.89. The van der Waals surface area contributed by atoms with Crippen molar-refractivity contribution in [2.75, 3.05) is 6.54 Å². The zero-order valence-electron chi connectivity index (χ0n) is 14.0. The van der Waals surface area contributed by atoms with E-state index < -0.39 is 10.0 Å². The average molecular weight is 449 g/mol. The summed E-state index contributed by atoms with van der Waals surface area (Å²) in [4.78, 5) is 3.57. The molecule has 0 aliphatic rings. The van der Waals surface area contributed by atoms with Gasteiger partial charge in [-0.05, 0) is 51.5 Å². The van der Waals surface area contributed by atoms with E-state index in [0.717, 1.165) is 15.8 Å². The minimum atomic E-state index is -3.58. The first-order valence-corrected chi connectivity index (χ1v) is 11.1. The van der Waals surface area contributed by atoms with Crippen LogP contribution in [0.5, 0.6) is 0 Å². The maximum atomic E-state index is 12.1. The lowest BCUT2D eigenvalue weighted by atomic mass is 10.1. The number of benzene rings is 2. The third-order valence-corrected chi connectivity index (χ3v) is 7.19. The van der Waals surface area contributed by atoms with Gasteiger partial charge < -0.3 is 0 Å². The fourth-order valence-corrected chi connectivity index (χ4v) is 5.22. The Morgan fingerprint density at radius 1 is 1.12 bits per heavy atom. The molecular weight excluding hydrogens is 432 g/mol. The largest absolute Gasteiger partial charge is 0.253 e. The van der Waals surface area contributed by atoms with Gasteiger partial charge in [0, 0.05) is 4.47 Å². The molecular formula is C19H17BrN2O2S2. The maximum absolute atomic E-state index is 12.1. The molecule has 3 aromatic rings. The fraction of sp³-hybridized carbons (Fsp3) is 0.158. The molecule has 4 nitrogen and oxygen atoms in total. The van der Waals surface area contributed by atoms with Gasteiger partial charge in [0.15, 0.2) is 0 Å². The molecule has 0 radical (unpaired) electrons. The van der Waals surface area contributed by atoms with Crippen LogP contribution in [0.4, 0.5) is 0 Å². The molecule has 1 aromatic heterocycles. The van der Waals surface area contributed by atoms with Gasteiger partial charge in [-0.1, -0.05) is 49.1 Å². The van der Waals surface area contributed by atoms with Crippen LogP contribution in [-0.4, -0.2) is 15.0 Å². The van der Waals surface area contributed by atoms with Crippen LogP contribution in [0.15, 0.2) is 57.9 Å². The molecule has 2 aromatic carbocycles. The Bertz CT molecular complexity index is 1080. The van der Waals surface area contributed by atoms with Crippen LogP contribution >= 0.6 is 27.3 Å². The first kappa shape index (κ1) is 19.1. The monoisotopic (exact) mass is 448 g/mol. The summed E-state index contributed by atoms with van der Waals surface area (Å²) >= 11 is 5.23. The van der Waals surface area contributed by atoms with Crippen molar-refractivity contribution in [1.82, 2.24) is 10.3 Å². The molecule has 26 heavy (non-hydrogen) atoms. The van der Waals surface area contributed by atoms with E-state index in [1.54, 1.807) is 29.5 Å². The Morgan fingerprint density at radius 3 is 2.62 bits per heavy atom. The molecule has 0 atom stereocenters. The van der Waals surface area contributed by atoms with Gasteiger partial charge >= 0.3 is 0 Å². The predicted octanol–water partition coefficient (Wildman–Crippen LogP) is 4.06. The normalized spacial score (nSPS) is 11.3. The van der Waals surface area contributed by atoms with Gasteiger partial charge in [0.05, 0.1) is 21.0 Å². The first-order valence-electron chi connectivity index (χ1n) is 8.01. The third kappa shape index (κ3) is 4.17. The second-order valence-electron chi connectivity index (χ2n) is 5.45. The van der Waals surface area contributed by atoms with Crippen molar-refractivity contribution in [2.24, 2.45) is 0 Å². The van der Waals surface area contributed by atoms with Crippen LogP contribution in [0.25, 0.3) is 10.1 Å². The van der Waals surface area contributed by atoms with Crippen molar-refractivity contribution in [2.45, 2.75) is 18.2 Å². The molecule has 0 fully saturated rings. The molecule has 0 amide bonds. The summed E-state index contributed by atoms with van der Waals surface area (Å²) in [5, 5.41) is 1.22. The lowest BCUT2D eigenvalue weighted by Gasteiger charge is -2.05. The second-order valence-corrected chi connectivity index (χ2v) is 9.01. The number of nitrogens with one attached hydrogen (secondary N) is 2. The quantitative estimate of drug-likeness (QED) is 0.351. The standard InChI is InChI=1S/C19H17BrN2O2S2/c1-2-15-16-10-6-11-17(20)19(16)25-18(15)12-7-13-21-22-26(23,24)14-8-4-3-5-9-14/h3-6,8-11,21-22H,2,13H2,1H3. The SMILES string of the molecule is CCc1c(C#CCNNS(=O)(=O)c2ccccc2)sc2c(Br)cccc12. The van der Waals surface area contributed by atoms with Crippen molar-refractivity contribution in [3.05, 3.63) is 63.4 Å². The Hall–Kier alpha value is -1.69. The van der Waals surface area contributed by atoms with E-state index in [9.17, 15) is 8.42 Å². The van der Waals surface area contributed by atoms with Crippen LogP contribution in [0.1, 0.15) is 17.4 Å². The molecule has 0 bridgehead atoms. The maximum Gasteiger partial charge on any atom is 0.253 e. The minimum Gasteiger partial charge on any atom is -0.232 e. The number of hydrogen-bond acceptors (Lipinski definition) is 4. The van der Waals surface area contributed by atoms with Crippen molar-refractivity contribution in [1.29, 1.82) is 0 Å². The number of fused-ring (bicyclic) bond motifs is 1. The van der Waals surface area contributed by atoms with Gasteiger partial charge in [0.25, 0.3) is 10.0 Å². The Morgan fingerprint density at radius 2 is 1.88 bits per heavy atom. The molecule has 0 aliphatic heterocycles. The smallest absolute Gasteiger partial charge is 0.232 e. The summed E-state index contributed by atoms with van der Waals surface area (Å²) in [6, 6.07) is 14.4. The van der Waals surface area contributed by atoms with Crippen molar-refractivity contribution in [3.63, 3.8) is 0 Å². The van der Waals surface area contributed by atoms with Crippen LogP contribution in [-0.2, 0) is 16.4 Å². The molecule has 0 saturated heterocycles. The van der Waals surface area contributed by atoms with E-state index in [0.29, 0.717) is 0 Å². The van der Waals surface area contributed by atoms with Gasteiger partial charge in [-0.25, -0.2) is 13.8 Å². The predicted molar refractivity (Wildman–Crippen MR) is 111 cm³/mol. The molecule has 0 aliphatic carbocycles. The van der Waals surface area contributed by atoms with E-state index in [1.807, 2.05) is 12.1 Å². The molecule has 2 N–H and O–H groups in total. The molecule has 134 valence electrons. The van der Waals surface area contributed by atoms with Gasteiger partial charge in [-0.15, -0.1) is 16.2 Å². The van der Waals surface area contributed by atoms with Crippen LogP contribution in [0.2, 0.25) is 0 Å². The van der Waals surface area contributed by atoms with E-state index in [-0.39, 0.29) is 11.4 Å². The van der Waals surface area contributed by atoms with Gasteiger partial charge in [-0.3, -0.25) is 0 Å². The summed E-state index contributed by atoms with van der Waals surface area (Å²) in [6.45, 7) is 2.32. The third-order valence-electron chi connectivity index (χ3n) is 3.76. The highest BCUT2D eigenvalue weighted by molar-refractivity contribution is 9.10. The number of aryl methyl sites for hydroxylation is 1. The minimum absolute atomic E-state index is 0.211.